The van der Waals surface area contributed by atoms with Crippen molar-refractivity contribution < 1.29 is 13.6 Å². The molecule has 2 heterocycles. The molecule has 3 aromatic rings. The van der Waals surface area contributed by atoms with Crippen LogP contribution < -0.4 is 5.32 Å². The summed E-state index contributed by atoms with van der Waals surface area (Å²) in [5, 5.41) is 2.90. The Labute approximate surface area is 145 Å². The Hall–Kier alpha value is -2.95. The predicted molar refractivity (Wildman–Crippen MR) is 93.2 cm³/mol. The largest absolute Gasteiger partial charge is 0.463 e. The third-order valence-electron chi connectivity index (χ3n) is 3.98. The van der Waals surface area contributed by atoms with E-state index in [4.69, 9.17) is 4.42 Å². The number of nitrogens with one attached hydrogen (secondary N) is 1. The lowest BCUT2D eigenvalue weighted by Gasteiger charge is -2.09. The van der Waals surface area contributed by atoms with Crippen molar-refractivity contribution >= 4 is 5.91 Å². The number of pyridine rings is 1. The van der Waals surface area contributed by atoms with Gasteiger partial charge in [-0.1, -0.05) is 18.2 Å². The number of carbonyl (C=O) groups excluding carboxylic acids is 1. The van der Waals surface area contributed by atoms with E-state index in [0.29, 0.717) is 30.7 Å². The summed E-state index contributed by atoms with van der Waals surface area (Å²) in [6.07, 6.45) is 4.21. The van der Waals surface area contributed by atoms with Crippen LogP contribution in [0.4, 0.5) is 4.39 Å². The highest BCUT2D eigenvalue weighted by molar-refractivity contribution is 5.76. The van der Waals surface area contributed by atoms with Gasteiger partial charge in [0.05, 0.1) is 6.26 Å². The quantitative estimate of drug-likeness (QED) is 0.738. The van der Waals surface area contributed by atoms with E-state index in [1.807, 2.05) is 18.2 Å². The van der Waals surface area contributed by atoms with Crippen LogP contribution in [0.3, 0.4) is 0 Å². The Morgan fingerprint density at radius 2 is 2.12 bits per heavy atom. The van der Waals surface area contributed by atoms with E-state index < -0.39 is 0 Å². The fraction of sp³-hybridized carbons (Fsp3) is 0.200. The van der Waals surface area contributed by atoms with E-state index in [1.54, 1.807) is 37.6 Å². The number of rotatable bonds is 6. The van der Waals surface area contributed by atoms with Gasteiger partial charge in [-0.25, -0.2) is 4.39 Å². The first kappa shape index (κ1) is 16.9. The molecule has 3 rings (SSSR count). The fourth-order valence-corrected chi connectivity index (χ4v) is 2.62. The minimum Gasteiger partial charge on any atom is -0.463 e. The van der Waals surface area contributed by atoms with Crippen LogP contribution in [0, 0.1) is 12.7 Å². The molecule has 0 fully saturated rings. The lowest BCUT2D eigenvalue weighted by molar-refractivity contribution is -0.121. The van der Waals surface area contributed by atoms with E-state index in [-0.39, 0.29) is 11.7 Å². The number of carbonyl (C=O) groups is 1. The Kier molecular flexibility index (Phi) is 5.23. The standard InChI is InChI=1S/C20H19FN2O2/c1-14-12-15(6-8-17(14)21)7-9-19(24)23-13-16-4-2-10-22-20(16)18-5-3-11-25-18/h2-6,8,10-12H,7,9,13H2,1H3,(H,23,24). The van der Waals surface area contributed by atoms with Gasteiger partial charge in [0.2, 0.25) is 5.91 Å². The second-order valence-electron chi connectivity index (χ2n) is 5.85. The van der Waals surface area contributed by atoms with Crippen LogP contribution in [0.1, 0.15) is 23.1 Å². The average molecular weight is 338 g/mol. The van der Waals surface area contributed by atoms with Gasteiger partial charge in [0, 0.05) is 24.7 Å². The normalized spacial score (nSPS) is 10.6. The molecule has 0 aliphatic carbocycles. The summed E-state index contributed by atoms with van der Waals surface area (Å²) in [4.78, 5) is 16.4. The predicted octanol–water partition coefficient (Wildman–Crippen LogP) is 4.04. The Bertz CT molecular complexity index is 860. The summed E-state index contributed by atoms with van der Waals surface area (Å²) >= 11 is 0. The van der Waals surface area contributed by atoms with Gasteiger partial charge in [0.15, 0.2) is 5.76 Å². The highest BCUT2D eigenvalue weighted by Crippen LogP contribution is 2.21. The summed E-state index contributed by atoms with van der Waals surface area (Å²) in [7, 11) is 0. The summed E-state index contributed by atoms with van der Waals surface area (Å²) in [6, 6.07) is 12.3. The van der Waals surface area contributed by atoms with Crippen LogP contribution in [0.5, 0.6) is 0 Å². The third-order valence-corrected chi connectivity index (χ3v) is 3.98. The number of amides is 1. The van der Waals surface area contributed by atoms with Gasteiger partial charge in [-0.3, -0.25) is 9.78 Å². The van der Waals surface area contributed by atoms with Crippen LogP contribution in [0.25, 0.3) is 11.5 Å². The highest BCUT2D eigenvalue weighted by Gasteiger charge is 2.10. The molecule has 0 saturated carbocycles. The average Bonchev–Trinajstić information content (AvgIpc) is 3.15. The van der Waals surface area contributed by atoms with E-state index in [0.717, 1.165) is 16.8 Å². The van der Waals surface area contributed by atoms with Crippen molar-refractivity contribution in [2.24, 2.45) is 0 Å². The molecule has 5 heteroatoms. The molecule has 128 valence electrons. The molecular formula is C20H19FN2O2. The maximum absolute atomic E-state index is 13.3. The van der Waals surface area contributed by atoms with Crippen molar-refractivity contribution in [2.45, 2.75) is 26.3 Å². The number of hydrogen-bond acceptors (Lipinski definition) is 3. The first-order chi connectivity index (χ1) is 12.1. The first-order valence-electron chi connectivity index (χ1n) is 8.13. The van der Waals surface area contributed by atoms with Crippen LogP contribution in [-0.2, 0) is 17.8 Å². The van der Waals surface area contributed by atoms with Crippen molar-refractivity contribution in [3.8, 4) is 11.5 Å². The molecule has 0 spiro atoms. The second-order valence-corrected chi connectivity index (χ2v) is 5.85. The van der Waals surface area contributed by atoms with E-state index >= 15 is 0 Å². The molecule has 0 saturated heterocycles. The van der Waals surface area contributed by atoms with Crippen LogP contribution in [0.2, 0.25) is 0 Å². The molecule has 4 nitrogen and oxygen atoms in total. The van der Waals surface area contributed by atoms with E-state index in [1.165, 1.54) is 6.07 Å². The first-order valence-corrected chi connectivity index (χ1v) is 8.13. The fourth-order valence-electron chi connectivity index (χ4n) is 2.62. The van der Waals surface area contributed by atoms with Crippen molar-refractivity contribution in [3.63, 3.8) is 0 Å². The van der Waals surface area contributed by atoms with Crippen molar-refractivity contribution in [2.75, 3.05) is 0 Å². The third kappa shape index (κ3) is 4.32. The van der Waals surface area contributed by atoms with Gasteiger partial charge < -0.3 is 9.73 Å². The molecular weight excluding hydrogens is 319 g/mol. The summed E-state index contributed by atoms with van der Waals surface area (Å²) in [6.45, 7) is 2.10. The summed E-state index contributed by atoms with van der Waals surface area (Å²) in [5.41, 5.74) is 3.16. The van der Waals surface area contributed by atoms with Crippen molar-refractivity contribution in [3.05, 3.63) is 77.4 Å². The number of aromatic nitrogens is 1. The zero-order chi connectivity index (χ0) is 17.6. The van der Waals surface area contributed by atoms with Gasteiger partial charge in [0.1, 0.15) is 11.5 Å². The Morgan fingerprint density at radius 3 is 2.88 bits per heavy atom. The monoisotopic (exact) mass is 338 g/mol. The molecule has 0 aliphatic heterocycles. The molecule has 1 aromatic carbocycles. The molecule has 1 N–H and O–H groups in total. The summed E-state index contributed by atoms with van der Waals surface area (Å²) in [5.74, 6) is 0.387. The van der Waals surface area contributed by atoms with Crippen LogP contribution in [0.15, 0.2) is 59.3 Å². The lowest BCUT2D eigenvalue weighted by atomic mass is 10.1. The van der Waals surface area contributed by atoms with Gasteiger partial charge in [0.25, 0.3) is 0 Å². The number of aryl methyl sites for hydroxylation is 2. The molecule has 0 radical (unpaired) electrons. The number of benzene rings is 1. The van der Waals surface area contributed by atoms with Crippen molar-refractivity contribution in [1.82, 2.24) is 10.3 Å². The molecule has 2 aromatic heterocycles. The molecule has 0 unspecified atom stereocenters. The smallest absolute Gasteiger partial charge is 0.220 e. The van der Waals surface area contributed by atoms with Crippen LogP contribution >= 0.6 is 0 Å². The molecule has 0 aliphatic rings. The SMILES string of the molecule is Cc1cc(CCC(=O)NCc2cccnc2-c2ccco2)ccc1F. The highest BCUT2D eigenvalue weighted by atomic mass is 19.1. The Morgan fingerprint density at radius 1 is 1.24 bits per heavy atom. The van der Waals surface area contributed by atoms with E-state index in [2.05, 4.69) is 10.3 Å². The lowest BCUT2D eigenvalue weighted by Crippen LogP contribution is -2.23. The maximum Gasteiger partial charge on any atom is 0.220 e. The zero-order valence-corrected chi connectivity index (χ0v) is 14.0. The van der Waals surface area contributed by atoms with Gasteiger partial charge in [-0.2, -0.15) is 0 Å². The number of furan rings is 1. The van der Waals surface area contributed by atoms with Gasteiger partial charge in [-0.15, -0.1) is 0 Å². The number of halogens is 1. The molecule has 1 amide bonds. The number of nitrogens with zero attached hydrogens (tertiary/aromatic N) is 1. The van der Waals surface area contributed by atoms with Crippen LogP contribution in [-0.4, -0.2) is 10.9 Å². The second kappa shape index (κ2) is 7.75. The maximum atomic E-state index is 13.3. The minimum atomic E-state index is -0.227. The molecule has 0 atom stereocenters. The van der Waals surface area contributed by atoms with Gasteiger partial charge >= 0.3 is 0 Å². The minimum absolute atomic E-state index is 0.0590. The van der Waals surface area contributed by atoms with Crippen molar-refractivity contribution in [1.29, 1.82) is 0 Å². The van der Waals surface area contributed by atoms with Gasteiger partial charge in [-0.05, 0) is 48.7 Å². The number of hydrogen-bond donors (Lipinski definition) is 1. The molecule has 25 heavy (non-hydrogen) atoms. The van der Waals surface area contributed by atoms with E-state index in [9.17, 15) is 9.18 Å². The topological polar surface area (TPSA) is 55.1 Å². The zero-order valence-electron chi connectivity index (χ0n) is 14.0. The summed E-state index contributed by atoms with van der Waals surface area (Å²) < 4.78 is 18.7. The Balaban J connectivity index is 1.57. The molecule has 0 bridgehead atoms.